The van der Waals surface area contributed by atoms with E-state index in [0.29, 0.717) is 12.2 Å². The van der Waals surface area contributed by atoms with Crippen LogP contribution in [0.2, 0.25) is 0 Å². The van der Waals surface area contributed by atoms with Crippen LogP contribution >= 0.6 is 0 Å². The first-order valence-corrected chi connectivity index (χ1v) is 6.88. The van der Waals surface area contributed by atoms with E-state index >= 15 is 0 Å². The molecule has 7 heteroatoms. The van der Waals surface area contributed by atoms with Crippen molar-refractivity contribution in [1.82, 2.24) is 15.1 Å². The van der Waals surface area contributed by atoms with E-state index in [1.165, 1.54) is 4.68 Å². The molecule has 0 unspecified atom stereocenters. The van der Waals surface area contributed by atoms with Gasteiger partial charge in [-0.15, -0.1) is 0 Å². The monoisotopic (exact) mass is 279 g/mol. The number of aromatic nitrogens is 2. The maximum atomic E-state index is 12.2. The van der Waals surface area contributed by atoms with E-state index in [1.807, 2.05) is 0 Å². The van der Waals surface area contributed by atoms with Gasteiger partial charge in [0.05, 0.1) is 11.9 Å². The van der Waals surface area contributed by atoms with Gasteiger partial charge in [-0.3, -0.25) is 14.3 Å². The summed E-state index contributed by atoms with van der Waals surface area (Å²) in [5, 5.41) is 9.41. The molecule has 1 saturated carbocycles. The van der Waals surface area contributed by atoms with Crippen LogP contribution in [-0.4, -0.2) is 35.2 Å². The first kappa shape index (κ1) is 14.5. The summed E-state index contributed by atoms with van der Waals surface area (Å²) >= 11 is 0. The van der Waals surface area contributed by atoms with Gasteiger partial charge >= 0.3 is 0 Å². The number of likely N-dealkylation sites (N-methyl/N-ethyl adjacent to an activating group) is 1. The van der Waals surface area contributed by atoms with E-state index in [1.54, 1.807) is 19.4 Å². The molecule has 7 nitrogen and oxygen atoms in total. The minimum Gasteiger partial charge on any atom is -0.358 e. The molecule has 0 saturated heterocycles. The van der Waals surface area contributed by atoms with E-state index in [4.69, 9.17) is 5.73 Å². The van der Waals surface area contributed by atoms with Gasteiger partial charge in [-0.2, -0.15) is 5.10 Å². The molecule has 0 bridgehead atoms. The summed E-state index contributed by atoms with van der Waals surface area (Å²) in [6, 6.07) is 0. The van der Waals surface area contributed by atoms with Gasteiger partial charge in [0.25, 0.3) is 0 Å². The molecule has 1 aliphatic rings. The molecule has 1 fully saturated rings. The number of carbonyl (C=O) groups excluding carboxylic acids is 2. The lowest BCUT2D eigenvalue weighted by Gasteiger charge is -2.16. The number of hydrogen-bond donors (Lipinski definition) is 3. The summed E-state index contributed by atoms with van der Waals surface area (Å²) in [5.41, 5.74) is 6.30. The smallest absolute Gasteiger partial charge is 0.241 e. The van der Waals surface area contributed by atoms with Gasteiger partial charge in [0.15, 0.2) is 0 Å². The summed E-state index contributed by atoms with van der Waals surface area (Å²) in [7, 11) is 1.57. The molecule has 0 aliphatic heterocycles. The van der Waals surface area contributed by atoms with Crippen molar-refractivity contribution < 1.29 is 9.59 Å². The topological polar surface area (TPSA) is 102 Å². The second kappa shape index (κ2) is 6.51. The van der Waals surface area contributed by atoms with E-state index < -0.39 is 0 Å². The summed E-state index contributed by atoms with van der Waals surface area (Å²) in [6.45, 7) is 0.690. The van der Waals surface area contributed by atoms with Crippen molar-refractivity contribution in [2.45, 2.75) is 25.8 Å². The number of rotatable bonds is 5. The normalized spacial score (nSPS) is 21.7. The molecule has 1 heterocycles. The molecular formula is C13H21N5O2. The zero-order valence-corrected chi connectivity index (χ0v) is 11.6. The van der Waals surface area contributed by atoms with E-state index in [2.05, 4.69) is 15.7 Å². The molecule has 0 radical (unpaired) electrons. The van der Waals surface area contributed by atoms with Crippen LogP contribution in [0.15, 0.2) is 12.4 Å². The average Bonchev–Trinajstić information content (AvgIpc) is 3.07. The predicted molar refractivity (Wildman–Crippen MR) is 74.8 cm³/mol. The maximum Gasteiger partial charge on any atom is 0.241 e. The number of hydrogen-bond acceptors (Lipinski definition) is 4. The molecule has 2 atom stereocenters. The van der Waals surface area contributed by atoms with Crippen LogP contribution in [0.4, 0.5) is 5.69 Å². The lowest BCUT2D eigenvalue weighted by atomic mass is 9.95. The van der Waals surface area contributed by atoms with Crippen molar-refractivity contribution >= 4 is 17.5 Å². The number of amides is 2. The Labute approximate surface area is 117 Å². The molecule has 4 N–H and O–H groups in total. The molecule has 0 aromatic carbocycles. The Morgan fingerprint density at radius 3 is 3.00 bits per heavy atom. The van der Waals surface area contributed by atoms with Crippen LogP contribution in [0, 0.1) is 11.8 Å². The molecule has 2 amide bonds. The van der Waals surface area contributed by atoms with Crippen molar-refractivity contribution in [2.75, 3.05) is 18.9 Å². The van der Waals surface area contributed by atoms with Gasteiger partial charge in [-0.25, -0.2) is 0 Å². The van der Waals surface area contributed by atoms with E-state index in [0.717, 1.165) is 19.3 Å². The van der Waals surface area contributed by atoms with Gasteiger partial charge in [0.2, 0.25) is 11.8 Å². The standard InChI is InChI=1S/C13H21N5O2/c1-15-12(19)8-18-7-10(6-16-18)17-13(20)11-4-2-3-9(11)5-14/h6-7,9,11H,2-5,8,14H2,1H3,(H,15,19)(H,17,20)/t9-,11-/m1/s1. The highest BCUT2D eigenvalue weighted by atomic mass is 16.2. The number of anilines is 1. The largest absolute Gasteiger partial charge is 0.358 e. The third-order valence-corrected chi connectivity index (χ3v) is 3.78. The second-order valence-corrected chi connectivity index (χ2v) is 5.12. The van der Waals surface area contributed by atoms with Crippen LogP contribution < -0.4 is 16.4 Å². The zero-order valence-electron chi connectivity index (χ0n) is 11.6. The van der Waals surface area contributed by atoms with Gasteiger partial charge in [-0.1, -0.05) is 6.42 Å². The van der Waals surface area contributed by atoms with Crippen molar-refractivity contribution in [3.05, 3.63) is 12.4 Å². The van der Waals surface area contributed by atoms with Gasteiger partial charge in [-0.05, 0) is 25.3 Å². The lowest BCUT2D eigenvalue weighted by Crippen LogP contribution is -2.29. The Hall–Kier alpha value is -1.89. The number of carbonyl (C=O) groups is 2. The summed E-state index contributed by atoms with van der Waals surface area (Å²) in [4.78, 5) is 23.4. The highest BCUT2D eigenvalue weighted by molar-refractivity contribution is 5.92. The number of nitrogens with one attached hydrogen (secondary N) is 2. The fourth-order valence-corrected chi connectivity index (χ4v) is 2.64. The first-order chi connectivity index (χ1) is 9.63. The minimum absolute atomic E-state index is 0.00237. The van der Waals surface area contributed by atoms with Crippen molar-refractivity contribution in [2.24, 2.45) is 17.6 Å². The van der Waals surface area contributed by atoms with Gasteiger partial charge in [0.1, 0.15) is 6.54 Å². The number of nitrogens with zero attached hydrogens (tertiary/aromatic N) is 2. The maximum absolute atomic E-state index is 12.2. The predicted octanol–water partition coefficient (Wildman–Crippen LogP) is -0.0574. The lowest BCUT2D eigenvalue weighted by molar-refractivity contribution is -0.121. The second-order valence-electron chi connectivity index (χ2n) is 5.12. The average molecular weight is 279 g/mol. The molecule has 20 heavy (non-hydrogen) atoms. The summed E-state index contributed by atoms with van der Waals surface area (Å²) < 4.78 is 1.49. The Bertz CT molecular complexity index is 485. The molecule has 1 aromatic heterocycles. The Morgan fingerprint density at radius 1 is 1.50 bits per heavy atom. The van der Waals surface area contributed by atoms with Crippen LogP contribution in [0.3, 0.4) is 0 Å². The quantitative estimate of drug-likeness (QED) is 0.702. The fourth-order valence-electron chi connectivity index (χ4n) is 2.64. The van der Waals surface area contributed by atoms with Gasteiger partial charge in [0, 0.05) is 19.2 Å². The third kappa shape index (κ3) is 3.36. The molecule has 0 spiro atoms. The molecule has 2 rings (SSSR count). The van der Waals surface area contributed by atoms with Crippen LogP contribution in [-0.2, 0) is 16.1 Å². The Morgan fingerprint density at radius 2 is 2.30 bits per heavy atom. The van der Waals surface area contributed by atoms with E-state index in [-0.39, 0.29) is 30.2 Å². The molecule has 1 aliphatic carbocycles. The van der Waals surface area contributed by atoms with E-state index in [9.17, 15) is 9.59 Å². The zero-order chi connectivity index (χ0) is 14.5. The Kier molecular flexibility index (Phi) is 4.73. The Balaban J connectivity index is 1.93. The SMILES string of the molecule is CNC(=O)Cn1cc(NC(=O)[C@@H]2CCC[C@@H]2CN)cn1. The number of nitrogens with two attached hydrogens (primary N) is 1. The highest BCUT2D eigenvalue weighted by Gasteiger charge is 2.32. The highest BCUT2D eigenvalue weighted by Crippen LogP contribution is 2.31. The van der Waals surface area contributed by atoms with Crippen LogP contribution in [0.25, 0.3) is 0 Å². The van der Waals surface area contributed by atoms with Crippen molar-refractivity contribution in [3.8, 4) is 0 Å². The third-order valence-electron chi connectivity index (χ3n) is 3.78. The molecule has 1 aromatic rings. The minimum atomic E-state index is -0.134. The molecular weight excluding hydrogens is 258 g/mol. The molecule has 110 valence electrons. The van der Waals surface area contributed by atoms with Crippen LogP contribution in [0.1, 0.15) is 19.3 Å². The van der Waals surface area contributed by atoms with Crippen molar-refractivity contribution in [3.63, 3.8) is 0 Å². The first-order valence-electron chi connectivity index (χ1n) is 6.88. The summed E-state index contributed by atoms with van der Waals surface area (Å²) in [6.07, 6.45) is 6.16. The fraction of sp³-hybridized carbons (Fsp3) is 0.615. The van der Waals surface area contributed by atoms with Crippen molar-refractivity contribution in [1.29, 1.82) is 0 Å². The van der Waals surface area contributed by atoms with Crippen LogP contribution in [0.5, 0.6) is 0 Å². The van der Waals surface area contributed by atoms with Gasteiger partial charge < -0.3 is 16.4 Å². The summed E-state index contributed by atoms with van der Waals surface area (Å²) in [5.74, 6) is 0.126.